The number of Topliss-reactive ketones (excluding diaryl/α,β-unsaturated/α-hetero) is 2. The average Bonchev–Trinajstić information content (AvgIpc) is 3.31. The number of carbonyl (C=O) groups excluding carboxylic acids is 10. The SMILES string of the molecule is COc1cccc(N[N+](=O)[O-])c1OC(=O)C(N)(OC(=O)C1CCCN1OC(=O)C(N)COC(=O)C(N)CC(=O)CCC(=O)CC(N)C(=O)OCC(N)C(=O)ON1CCCC1C(=O)OC(N)(C(=O)Oc1ccccc1N[N+](=O)[O-])C(C)C)C(C)C. The third-order valence-electron chi connectivity index (χ3n) is 12.8. The van der Waals surface area contributed by atoms with Gasteiger partial charge in [-0.3, -0.25) is 40.2 Å². The van der Waals surface area contributed by atoms with Crippen LogP contribution in [0.5, 0.6) is 17.2 Å². The highest BCUT2D eigenvalue weighted by Crippen LogP contribution is 2.37. The summed E-state index contributed by atoms with van der Waals surface area (Å²) in [5.74, 6) is -13.5. The Bertz CT molecular complexity index is 2790. The normalized spacial score (nSPS) is 18.0. The summed E-state index contributed by atoms with van der Waals surface area (Å²) in [6, 6.07) is 0.238. The molecule has 2 aliphatic rings. The fraction of sp³-hybridized carbons (Fsp3) is 0.551. The van der Waals surface area contributed by atoms with E-state index >= 15 is 0 Å². The molecule has 4 rings (SSSR count). The zero-order valence-corrected chi connectivity index (χ0v) is 46.3. The molecule has 14 N–H and O–H groups in total. The molecule has 2 heterocycles. The molecule has 84 heavy (non-hydrogen) atoms. The van der Waals surface area contributed by atoms with Gasteiger partial charge in [-0.05, 0) is 49.9 Å². The van der Waals surface area contributed by atoms with Crippen LogP contribution >= 0.6 is 0 Å². The van der Waals surface area contributed by atoms with Crippen LogP contribution in [-0.4, -0.2) is 161 Å². The summed E-state index contributed by atoms with van der Waals surface area (Å²) in [6.45, 7) is 4.13. The van der Waals surface area contributed by atoms with Gasteiger partial charge in [-0.1, -0.05) is 45.9 Å². The minimum Gasteiger partial charge on any atom is -0.493 e. The number of nitrogens with one attached hydrogen (secondary N) is 2. The molecule has 0 amide bonds. The largest absolute Gasteiger partial charge is 0.493 e. The number of hydrogen-bond acceptors (Lipinski definition) is 31. The highest BCUT2D eigenvalue weighted by atomic mass is 16.7. The Balaban J connectivity index is 1.17. The van der Waals surface area contributed by atoms with E-state index in [4.69, 9.17) is 77.2 Å². The number of ether oxygens (including phenoxy) is 7. The monoisotopic (exact) mass is 1190 g/mol. The standard InChI is InChI=1S/C49H68N12O23/c1-25(2)48(54,46(70)79-37-15-7-6-11-33(37)56-60(72)73)81-44(68)35-13-9-19-58(35)83-42(66)31(52)23-77-40(64)29(50)21-27(62)17-18-28(63)22-30(51)41(65)78-24-32(53)43(67)84-59-20-10-14-36(59)45(69)82-49(55,26(3)4)47(71)80-39-34(57-61(74)75)12-8-16-38(39)76-5/h6-8,11-12,15-16,25-26,29-32,35-36,56-57H,9-10,13-14,17-24,50-55H2,1-5H3. The number of para-hydroxylation sites is 3. The van der Waals surface area contributed by atoms with E-state index in [-0.39, 0.29) is 55.2 Å². The number of nitrogens with zero attached hydrogens (tertiary/aromatic N) is 4. The number of hydroxylamine groups is 4. The second kappa shape index (κ2) is 30.6. The van der Waals surface area contributed by atoms with E-state index in [0.29, 0.717) is 6.42 Å². The number of rotatable bonds is 32. The molecular weight excluding hydrogens is 1120 g/mol. The van der Waals surface area contributed by atoms with E-state index in [9.17, 15) is 68.2 Å². The molecule has 35 nitrogen and oxygen atoms in total. The second-order valence-electron chi connectivity index (χ2n) is 19.7. The number of benzene rings is 2. The molecule has 2 saturated heterocycles. The average molecular weight is 1190 g/mol. The molecule has 0 radical (unpaired) electrons. The van der Waals surface area contributed by atoms with Crippen molar-refractivity contribution < 1.29 is 101 Å². The summed E-state index contributed by atoms with van der Waals surface area (Å²) >= 11 is 0. The van der Waals surface area contributed by atoms with Crippen LogP contribution in [0.4, 0.5) is 11.4 Å². The number of anilines is 2. The summed E-state index contributed by atoms with van der Waals surface area (Å²) < 4.78 is 36.7. The van der Waals surface area contributed by atoms with Crippen molar-refractivity contribution in [3.63, 3.8) is 0 Å². The molecule has 462 valence electrons. The summed E-state index contributed by atoms with van der Waals surface area (Å²) in [7, 11) is 1.21. The van der Waals surface area contributed by atoms with Crippen LogP contribution in [0.1, 0.15) is 79.1 Å². The molecule has 2 aromatic carbocycles. The number of nitro groups is 2. The molecule has 8 atom stereocenters. The lowest BCUT2D eigenvalue weighted by molar-refractivity contribution is -0.445. The summed E-state index contributed by atoms with van der Waals surface area (Å²) in [5, 5.41) is 22.2. The van der Waals surface area contributed by atoms with Gasteiger partial charge in [0.2, 0.25) is 5.75 Å². The van der Waals surface area contributed by atoms with Gasteiger partial charge in [-0.25, -0.2) is 39.4 Å². The Morgan fingerprint density at radius 3 is 1.43 bits per heavy atom. The smallest absolute Gasteiger partial charge is 0.372 e. The third-order valence-corrected chi connectivity index (χ3v) is 12.8. The van der Waals surface area contributed by atoms with Crippen LogP contribution in [0.2, 0.25) is 0 Å². The molecule has 8 unspecified atom stereocenters. The third kappa shape index (κ3) is 18.7. The van der Waals surface area contributed by atoms with Gasteiger partial charge in [-0.2, -0.15) is 0 Å². The number of hydrogen-bond donors (Lipinski definition) is 8. The first-order chi connectivity index (χ1) is 39.4. The van der Waals surface area contributed by atoms with Crippen LogP contribution in [-0.2, 0) is 76.6 Å². The van der Waals surface area contributed by atoms with Gasteiger partial charge in [-0.15, -0.1) is 21.0 Å². The fourth-order valence-electron chi connectivity index (χ4n) is 7.70. The van der Waals surface area contributed by atoms with Gasteiger partial charge in [0, 0.05) is 50.6 Å². The van der Waals surface area contributed by atoms with Gasteiger partial charge in [0.25, 0.3) is 11.4 Å². The van der Waals surface area contributed by atoms with Crippen molar-refractivity contribution >= 4 is 70.7 Å². The lowest BCUT2D eigenvalue weighted by atomic mass is 10.0. The fourth-order valence-corrected chi connectivity index (χ4v) is 7.70. The summed E-state index contributed by atoms with van der Waals surface area (Å²) in [6.07, 6.45) is -1.45. The van der Waals surface area contributed by atoms with Crippen molar-refractivity contribution in [3.05, 3.63) is 62.7 Å². The molecule has 0 bridgehead atoms. The van der Waals surface area contributed by atoms with Crippen LogP contribution < -0.4 is 59.5 Å². The Kier molecular flexibility index (Phi) is 24.8. The summed E-state index contributed by atoms with van der Waals surface area (Å²) in [5.41, 5.74) is 34.3. The number of hydrazine groups is 2. The zero-order chi connectivity index (χ0) is 62.8. The van der Waals surface area contributed by atoms with Gasteiger partial charge < -0.3 is 65.8 Å². The lowest BCUT2D eigenvalue weighted by Gasteiger charge is -2.32. The zero-order valence-electron chi connectivity index (χ0n) is 46.3. The van der Waals surface area contributed by atoms with Crippen LogP contribution in [0.3, 0.4) is 0 Å². The van der Waals surface area contributed by atoms with Crippen molar-refractivity contribution in [2.75, 3.05) is 44.3 Å². The predicted molar refractivity (Wildman–Crippen MR) is 282 cm³/mol. The van der Waals surface area contributed by atoms with E-state index < -0.39 is 174 Å². The topological polar surface area (TPSA) is 527 Å². The van der Waals surface area contributed by atoms with E-state index in [1.807, 2.05) is 10.9 Å². The number of esters is 6. The highest BCUT2D eigenvalue weighted by molar-refractivity contribution is 5.92. The van der Waals surface area contributed by atoms with Crippen molar-refractivity contribution in [2.24, 2.45) is 46.2 Å². The maximum Gasteiger partial charge on any atom is 0.372 e. The Morgan fingerprint density at radius 2 is 1.00 bits per heavy atom. The van der Waals surface area contributed by atoms with Crippen molar-refractivity contribution in [1.29, 1.82) is 0 Å². The van der Waals surface area contributed by atoms with E-state index in [1.165, 1.54) is 77.3 Å². The van der Waals surface area contributed by atoms with Crippen LogP contribution in [0.15, 0.2) is 42.5 Å². The first kappa shape index (κ1) is 67.9. The number of nitrogens with two attached hydrogens (primary N) is 6. The minimum atomic E-state index is -2.49. The summed E-state index contributed by atoms with van der Waals surface area (Å²) in [4.78, 5) is 163. The molecule has 0 saturated carbocycles. The molecule has 2 fully saturated rings. The van der Waals surface area contributed by atoms with Gasteiger partial charge in [0.1, 0.15) is 72.4 Å². The molecule has 35 heteroatoms. The molecular formula is C49H68N12O23. The Labute approximate surface area is 477 Å². The number of ketones is 2. The maximum atomic E-state index is 13.5. The molecule has 0 spiro atoms. The van der Waals surface area contributed by atoms with E-state index in [1.54, 1.807) is 0 Å². The first-order valence-electron chi connectivity index (χ1n) is 25.8. The minimum absolute atomic E-state index is 0.00123. The van der Waals surface area contributed by atoms with Crippen molar-refractivity contribution in [2.45, 2.75) is 127 Å². The second-order valence-corrected chi connectivity index (χ2v) is 19.7. The van der Waals surface area contributed by atoms with Gasteiger partial charge in [0.15, 0.2) is 21.6 Å². The lowest BCUT2D eigenvalue weighted by Crippen LogP contribution is -2.59. The Morgan fingerprint density at radius 1 is 0.595 bits per heavy atom. The number of carbonyl (C=O) groups is 10. The van der Waals surface area contributed by atoms with E-state index in [2.05, 4.69) is 0 Å². The van der Waals surface area contributed by atoms with Crippen LogP contribution in [0, 0.1) is 32.1 Å². The molecule has 0 aliphatic carbocycles. The molecule has 2 aliphatic heterocycles. The Hall–Kier alpha value is -8.58. The van der Waals surface area contributed by atoms with E-state index in [0.717, 1.165) is 10.1 Å². The number of methoxy groups -OCH3 is 1. The quantitative estimate of drug-likeness (QED) is 0.00986. The van der Waals surface area contributed by atoms with Crippen molar-refractivity contribution in [3.8, 4) is 17.2 Å². The van der Waals surface area contributed by atoms with Gasteiger partial charge >= 0.3 is 47.8 Å². The molecule has 2 aromatic rings. The highest BCUT2D eigenvalue weighted by Gasteiger charge is 2.49. The predicted octanol–water partition coefficient (Wildman–Crippen LogP) is -1.94. The first-order valence-corrected chi connectivity index (χ1v) is 25.8. The maximum absolute atomic E-state index is 13.5. The van der Waals surface area contributed by atoms with Gasteiger partial charge in [0.05, 0.1) is 7.11 Å². The van der Waals surface area contributed by atoms with Crippen LogP contribution in [0.25, 0.3) is 0 Å². The van der Waals surface area contributed by atoms with Crippen molar-refractivity contribution in [1.82, 2.24) is 10.1 Å². The molecule has 0 aromatic heterocycles.